The first-order valence-corrected chi connectivity index (χ1v) is 7.89. The van der Waals surface area contributed by atoms with Gasteiger partial charge in [0.1, 0.15) is 11.9 Å². The van der Waals surface area contributed by atoms with Crippen LogP contribution >= 0.6 is 11.8 Å². The van der Waals surface area contributed by atoms with Crippen LogP contribution in [0.1, 0.15) is 17.2 Å². The highest BCUT2D eigenvalue weighted by atomic mass is 32.2. The van der Waals surface area contributed by atoms with E-state index in [-0.39, 0.29) is 12.1 Å². The van der Waals surface area contributed by atoms with Gasteiger partial charge in [-0.1, -0.05) is 42.0 Å². The summed E-state index contributed by atoms with van der Waals surface area (Å²) in [4.78, 5) is 1.24. The zero-order valence-electron chi connectivity index (χ0n) is 11.8. The van der Waals surface area contributed by atoms with Gasteiger partial charge in [-0.15, -0.1) is 11.8 Å². The van der Waals surface area contributed by atoms with Crippen LogP contribution in [0.2, 0.25) is 0 Å². The Morgan fingerprint density at radius 3 is 2.85 bits per heavy atom. The quantitative estimate of drug-likeness (QED) is 0.926. The van der Waals surface area contributed by atoms with E-state index < -0.39 is 0 Å². The highest BCUT2D eigenvalue weighted by molar-refractivity contribution is 7.99. The standard InChI is InChI=1S/C17H19NOS/c1-12-6-5-7-13(10-12)17(18-2)15-11-20-16-9-4-3-8-14(16)19-15/h3-10,15,17-18H,11H2,1-2H3. The summed E-state index contributed by atoms with van der Waals surface area (Å²) in [6, 6.07) is 17.1. The van der Waals surface area contributed by atoms with Crippen molar-refractivity contribution in [3.63, 3.8) is 0 Å². The van der Waals surface area contributed by atoms with Gasteiger partial charge in [-0.3, -0.25) is 0 Å². The molecule has 0 amide bonds. The molecular weight excluding hydrogens is 266 g/mol. The predicted molar refractivity (Wildman–Crippen MR) is 84.6 cm³/mol. The molecule has 0 saturated heterocycles. The number of hydrogen-bond acceptors (Lipinski definition) is 3. The Kier molecular flexibility index (Phi) is 3.99. The molecule has 0 bridgehead atoms. The normalized spacial score (nSPS) is 19.0. The molecule has 3 heteroatoms. The molecular formula is C17H19NOS. The molecule has 2 nitrogen and oxygen atoms in total. The fourth-order valence-electron chi connectivity index (χ4n) is 2.63. The molecule has 3 rings (SSSR count). The van der Waals surface area contributed by atoms with Gasteiger partial charge in [-0.25, -0.2) is 0 Å². The number of ether oxygens (including phenoxy) is 1. The number of likely N-dealkylation sites (N-methyl/N-ethyl adjacent to an activating group) is 1. The number of nitrogens with one attached hydrogen (secondary N) is 1. The van der Waals surface area contributed by atoms with Crippen LogP contribution in [-0.2, 0) is 0 Å². The second-order valence-electron chi connectivity index (χ2n) is 5.09. The smallest absolute Gasteiger partial charge is 0.133 e. The molecule has 1 heterocycles. The van der Waals surface area contributed by atoms with Crippen LogP contribution < -0.4 is 10.1 Å². The van der Waals surface area contributed by atoms with E-state index in [2.05, 4.69) is 54.7 Å². The van der Waals surface area contributed by atoms with E-state index in [0.29, 0.717) is 0 Å². The molecule has 2 aromatic carbocycles. The van der Waals surface area contributed by atoms with Gasteiger partial charge >= 0.3 is 0 Å². The molecule has 20 heavy (non-hydrogen) atoms. The number of fused-ring (bicyclic) bond motifs is 1. The number of thioether (sulfide) groups is 1. The summed E-state index contributed by atoms with van der Waals surface area (Å²) in [5.74, 6) is 1.97. The Bertz CT molecular complexity index is 599. The maximum atomic E-state index is 6.20. The molecule has 2 unspecified atom stereocenters. The first-order chi connectivity index (χ1) is 9.78. The fraction of sp³-hybridized carbons (Fsp3) is 0.294. The monoisotopic (exact) mass is 285 g/mol. The minimum atomic E-state index is 0.154. The van der Waals surface area contributed by atoms with E-state index in [1.54, 1.807) is 0 Å². The van der Waals surface area contributed by atoms with Gasteiger partial charge in [-0.2, -0.15) is 0 Å². The predicted octanol–water partition coefficient (Wildman–Crippen LogP) is 3.81. The number of aryl methyl sites for hydroxylation is 1. The zero-order valence-corrected chi connectivity index (χ0v) is 12.6. The maximum absolute atomic E-state index is 6.20. The van der Waals surface area contributed by atoms with Crippen molar-refractivity contribution in [2.75, 3.05) is 12.8 Å². The summed E-state index contributed by atoms with van der Waals surface area (Å²) >= 11 is 1.87. The topological polar surface area (TPSA) is 21.3 Å². The average molecular weight is 285 g/mol. The summed E-state index contributed by atoms with van der Waals surface area (Å²) in [5, 5.41) is 3.41. The molecule has 1 aliphatic rings. The molecule has 2 atom stereocenters. The summed E-state index contributed by atoms with van der Waals surface area (Å²) in [6.45, 7) is 2.13. The summed E-state index contributed by atoms with van der Waals surface area (Å²) in [6.07, 6.45) is 0.154. The van der Waals surface area contributed by atoms with E-state index in [1.165, 1.54) is 16.0 Å². The first kappa shape index (κ1) is 13.5. The van der Waals surface area contributed by atoms with Gasteiger partial charge in [-0.05, 0) is 31.7 Å². The maximum Gasteiger partial charge on any atom is 0.133 e. The third-order valence-corrected chi connectivity index (χ3v) is 4.76. The number of rotatable bonds is 3. The van der Waals surface area contributed by atoms with Crippen LogP contribution in [0.4, 0.5) is 0 Å². The van der Waals surface area contributed by atoms with Crippen LogP contribution in [0.25, 0.3) is 0 Å². The molecule has 0 aliphatic carbocycles. The lowest BCUT2D eigenvalue weighted by Gasteiger charge is -2.32. The van der Waals surface area contributed by atoms with Crippen molar-refractivity contribution in [2.45, 2.75) is 24.0 Å². The van der Waals surface area contributed by atoms with Crippen molar-refractivity contribution in [2.24, 2.45) is 0 Å². The van der Waals surface area contributed by atoms with E-state index in [9.17, 15) is 0 Å². The SMILES string of the molecule is CNC(c1cccc(C)c1)C1CSc2ccccc2O1. The highest BCUT2D eigenvalue weighted by Gasteiger charge is 2.28. The van der Waals surface area contributed by atoms with Gasteiger partial charge in [0.05, 0.1) is 6.04 Å². The lowest BCUT2D eigenvalue weighted by Crippen LogP contribution is -2.37. The van der Waals surface area contributed by atoms with Gasteiger partial charge < -0.3 is 10.1 Å². The molecule has 0 aromatic heterocycles. The zero-order chi connectivity index (χ0) is 13.9. The van der Waals surface area contributed by atoms with E-state index in [0.717, 1.165) is 11.5 Å². The van der Waals surface area contributed by atoms with Crippen molar-refractivity contribution in [1.29, 1.82) is 0 Å². The summed E-state index contributed by atoms with van der Waals surface area (Å²) in [7, 11) is 2.00. The van der Waals surface area contributed by atoms with Crippen LogP contribution in [0.5, 0.6) is 5.75 Å². The Morgan fingerprint density at radius 2 is 2.05 bits per heavy atom. The van der Waals surface area contributed by atoms with Crippen LogP contribution in [0, 0.1) is 6.92 Å². The Labute approximate surface area is 124 Å². The molecule has 0 radical (unpaired) electrons. The third kappa shape index (κ3) is 2.69. The summed E-state index contributed by atoms with van der Waals surface area (Å²) in [5.41, 5.74) is 2.57. The van der Waals surface area contributed by atoms with Crippen molar-refractivity contribution >= 4 is 11.8 Å². The molecule has 2 aromatic rings. The van der Waals surface area contributed by atoms with Gasteiger partial charge in [0.25, 0.3) is 0 Å². The van der Waals surface area contributed by atoms with Crippen LogP contribution in [0.15, 0.2) is 53.4 Å². The van der Waals surface area contributed by atoms with E-state index in [1.807, 2.05) is 24.9 Å². The Morgan fingerprint density at radius 1 is 1.20 bits per heavy atom. The van der Waals surface area contributed by atoms with E-state index >= 15 is 0 Å². The van der Waals surface area contributed by atoms with Gasteiger partial charge in [0.2, 0.25) is 0 Å². The molecule has 1 N–H and O–H groups in total. The fourth-order valence-corrected chi connectivity index (χ4v) is 3.67. The molecule has 1 aliphatic heterocycles. The van der Waals surface area contributed by atoms with Crippen molar-refractivity contribution < 1.29 is 4.74 Å². The highest BCUT2D eigenvalue weighted by Crippen LogP contribution is 2.38. The molecule has 0 fully saturated rings. The number of benzene rings is 2. The van der Waals surface area contributed by atoms with Gasteiger partial charge in [0.15, 0.2) is 0 Å². The second kappa shape index (κ2) is 5.90. The summed E-state index contributed by atoms with van der Waals surface area (Å²) < 4.78 is 6.20. The minimum Gasteiger partial charge on any atom is -0.486 e. The van der Waals surface area contributed by atoms with E-state index in [4.69, 9.17) is 4.74 Å². The number of para-hydroxylation sites is 1. The van der Waals surface area contributed by atoms with Crippen LogP contribution in [-0.4, -0.2) is 18.9 Å². The molecule has 104 valence electrons. The first-order valence-electron chi connectivity index (χ1n) is 6.90. The average Bonchev–Trinajstić information content (AvgIpc) is 2.48. The van der Waals surface area contributed by atoms with Crippen molar-refractivity contribution in [3.05, 3.63) is 59.7 Å². The molecule has 0 saturated carbocycles. The second-order valence-corrected chi connectivity index (χ2v) is 6.16. The molecule has 0 spiro atoms. The van der Waals surface area contributed by atoms with Crippen LogP contribution in [0.3, 0.4) is 0 Å². The Balaban J connectivity index is 1.85. The van der Waals surface area contributed by atoms with Crippen molar-refractivity contribution in [3.8, 4) is 5.75 Å². The lowest BCUT2D eigenvalue weighted by atomic mass is 10.0. The third-order valence-electron chi connectivity index (χ3n) is 3.61. The minimum absolute atomic E-state index is 0.154. The Hall–Kier alpha value is -1.45. The number of hydrogen-bond donors (Lipinski definition) is 1. The van der Waals surface area contributed by atoms with Crippen molar-refractivity contribution in [1.82, 2.24) is 5.32 Å². The largest absolute Gasteiger partial charge is 0.486 e. The lowest BCUT2D eigenvalue weighted by molar-refractivity contribution is 0.171. The van der Waals surface area contributed by atoms with Gasteiger partial charge in [0, 0.05) is 10.6 Å².